The molecule has 2 amide bonds. The van der Waals surface area contributed by atoms with Crippen LogP contribution < -0.4 is 15.6 Å². The molecule has 3 rings (SSSR count). The molecule has 8 heteroatoms. The number of hydrogen-bond acceptors (Lipinski definition) is 4. The summed E-state index contributed by atoms with van der Waals surface area (Å²) in [5, 5.41) is 11.8. The van der Waals surface area contributed by atoms with Crippen molar-refractivity contribution >= 4 is 17.7 Å². The molecule has 1 aromatic carbocycles. The summed E-state index contributed by atoms with van der Waals surface area (Å²) in [6.07, 6.45) is 1.81. The number of nitrogens with zero attached hydrogens (tertiary/aromatic N) is 2. The number of ether oxygens (including phenoxy) is 1. The molecule has 1 fully saturated rings. The molecule has 0 bridgehead atoms. The molecule has 1 aliphatic rings. The van der Waals surface area contributed by atoms with Crippen LogP contribution in [0, 0.1) is 5.92 Å². The van der Waals surface area contributed by atoms with Gasteiger partial charge in [-0.25, -0.2) is 4.79 Å². The van der Waals surface area contributed by atoms with Crippen molar-refractivity contribution in [3.8, 4) is 11.4 Å². The Balaban J connectivity index is 1.64. The van der Waals surface area contributed by atoms with E-state index < -0.39 is 6.09 Å². The minimum Gasteiger partial charge on any atom is -0.490 e. The Morgan fingerprint density at radius 1 is 1.14 bits per heavy atom. The Morgan fingerprint density at radius 2 is 1.79 bits per heavy atom. The summed E-state index contributed by atoms with van der Waals surface area (Å²) in [6.45, 7) is 4.50. The van der Waals surface area contributed by atoms with Crippen molar-refractivity contribution in [1.29, 1.82) is 0 Å². The van der Waals surface area contributed by atoms with Crippen LogP contribution in [0.15, 0.2) is 47.4 Å². The van der Waals surface area contributed by atoms with Gasteiger partial charge in [-0.15, -0.1) is 0 Å². The summed E-state index contributed by atoms with van der Waals surface area (Å²) < 4.78 is 7.35. The van der Waals surface area contributed by atoms with Gasteiger partial charge in [-0.3, -0.25) is 14.2 Å². The second kappa shape index (κ2) is 8.81. The van der Waals surface area contributed by atoms with Gasteiger partial charge in [0.05, 0.1) is 0 Å². The second-order valence-corrected chi connectivity index (χ2v) is 7.35. The van der Waals surface area contributed by atoms with Gasteiger partial charge in [0.15, 0.2) is 0 Å². The Hall–Kier alpha value is -3.29. The standard InChI is InChI=1S/C21H25N3O5/c1-14(2)20(26)22-15-3-5-16(6-4-15)24-12-9-18(13-19(24)25)29-17-7-10-23(11-8-17)21(27)28/h3-6,9,12-14,17H,7-8,10-11H2,1-2H3,(H,22,26)(H,27,28). The van der Waals surface area contributed by atoms with Gasteiger partial charge in [-0.2, -0.15) is 0 Å². The molecule has 0 radical (unpaired) electrons. The lowest BCUT2D eigenvalue weighted by Gasteiger charge is -2.30. The van der Waals surface area contributed by atoms with Crippen molar-refractivity contribution in [2.75, 3.05) is 18.4 Å². The van der Waals surface area contributed by atoms with E-state index in [1.54, 1.807) is 36.5 Å². The minimum absolute atomic E-state index is 0.0643. The number of carbonyl (C=O) groups excluding carboxylic acids is 1. The van der Waals surface area contributed by atoms with Crippen LogP contribution in [0.4, 0.5) is 10.5 Å². The van der Waals surface area contributed by atoms with E-state index in [1.165, 1.54) is 15.5 Å². The molecular weight excluding hydrogens is 374 g/mol. The van der Waals surface area contributed by atoms with Crippen molar-refractivity contribution in [2.24, 2.45) is 5.92 Å². The number of pyridine rings is 1. The highest BCUT2D eigenvalue weighted by Gasteiger charge is 2.23. The first-order chi connectivity index (χ1) is 13.8. The first kappa shape index (κ1) is 20.4. The topological polar surface area (TPSA) is 101 Å². The van der Waals surface area contributed by atoms with Crippen LogP contribution in [0.1, 0.15) is 26.7 Å². The SMILES string of the molecule is CC(C)C(=O)Nc1ccc(-n2ccc(OC3CCN(C(=O)O)CC3)cc2=O)cc1. The maximum Gasteiger partial charge on any atom is 0.407 e. The number of benzene rings is 1. The van der Waals surface area contributed by atoms with Crippen molar-refractivity contribution in [2.45, 2.75) is 32.8 Å². The Labute approximate surface area is 168 Å². The maximum absolute atomic E-state index is 12.5. The molecule has 2 heterocycles. The smallest absolute Gasteiger partial charge is 0.407 e. The van der Waals surface area contributed by atoms with Crippen molar-refractivity contribution in [3.05, 3.63) is 52.9 Å². The highest BCUT2D eigenvalue weighted by atomic mass is 16.5. The van der Waals surface area contributed by atoms with Gasteiger partial charge in [-0.05, 0) is 30.3 Å². The average Bonchev–Trinajstić information content (AvgIpc) is 2.69. The Bertz CT molecular complexity index is 928. The van der Waals surface area contributed by atoms with Gasteiger partial charge in [0, 0.05) is 55.5 Å². The number of carbonyl (C=O) groups is 2. The highest BCUT2D eigenvalue weighted by Crippen LogP contribution is 2.19. The first-order valence-electron chi connectivity index (χ1n) is 9.62. The molecule has 2 N–H and O–H groups in total. The monoisotopic (exact) mass is 399 g/mol. The molecule has 0 unspecified atom stereocenters. The van der Waals surface area contributed by atoms with E-state index in [1.807, 2.05) is 13.8 Å². The molecule has 0 spiro atoms. The first-order valence-corrected chi connectivity index (χ1v) is 9.62. The van der Waals surface area contributed by atoms with Gasteiger partial charge in [-0.1, -0.05) is 13.8 Å². The molecule has 0 saturated carbocycles. The van der Waals surface area contributed by atoms with Crippen LogP contribution >= 0.6 is 0 Å². The number of aromatic nitrogens is 1. The number of piperidine rings is 1. The van der Waals surface area contributed by atoms with Crippen molar-refractivity contribution in [1.82, 2.24) is 9.47 Å². The van der Waals surface area contributed by atoms with E-state index in [0.29, 0.717) is 43.1 Å². The van der Waals surface area contributed by atoms with E-state index in [9.17, 15) is 14.4 Å². The number of nitrogens with one attached hydrogen (secondary N) is 1. The lowest BCUT2D eigenvalue weighted by Crippen LogP contribution is -2.41. The van der Waals surface area contributed by atoms with Gasteiger partial charge in [0.25, 0.3) is 5.56 Å². The fourth-order valence-electron chi connectivity index (χ4n) is 3.10. The third-order valence-corrected chi connectivity index (χ3v) is 4.84. The predicted molar refractivity (Wildman–Crippen MR) is 109 cm³/mol. The molecule has 1 aliphatic heterocycles. The van der Waals surface area contributed by atoms with Gasteiger partial charge in [0.2, 0.25) is 5.91 Å². The van der Waals surface area contributed by atoms with E-state index in [0.717, 1.165) is 0 Å². The number of amides is 2. The van der Waals surface area contributed by atoms with Crippen molar-refractivity contribution < 1.29 is 19.4 Å². The zero-order valence-corrected chi connectivity index (χ0v) is 16.5. The summed E-state index contributed by atoms with van der Waals surface area (Å²) >= 11 is 0. The molecule has 0 atom stereocenters. The van der Waals surface area contributed by atoms with Crippen molar-refractivity contribution in [3.63, 3.8) is 0 Å². The molecule has 29 heavy (non-hydrogen) atoms. The third kappa shape index (κ3) is 5.16. The van der Waals surface area contributed by atoms with E-state index in [-0.39, 0.29) is 23.5 Å². The van der Waals surface area contributed by atoms with Crippen LogP contribution in [0.25, 0.3) is 5.69 Å². The number of carboxylic acid groups (broad SMARTS) is 1. The van der Waals surface area contributed by atoms with Gasteiger partial charge >= 0.3 is 6.09 Å². The van der Waals surface area contributed by atoms with Gasteiger partial charge < -0.3 is 20.1 Å². The second-order valence-electron chi connectivity index (χ2n) is 7.35. The van der Waals surface area contributed by atoms with Crippen LogP contribution in [-0.4, -0.2) is 45.8 Å². The Morgan fingerprint density at radius 3 is 2.34 bits per heavy atom. The molecule has 1 aromatic heterocycles. The summed E-state index contributed by atoms with van der Waals surface area (Å²) in [5.41, 5.74) is 1.12. The average molecular weight is 399 g/mol. The lowest BCUT2D eigenvalue weighted by atomic mass is 10.1. The van der Waals surface area contributed by atoms with Crippen LogP contribution in [0.2, 0.25) is 0 Å². The summed E-state index contributed by atoms with van der Waals surface area (Å²) in [6, 6.07) is 10.2. The van der Waals surface area contributed by atoms with Crippen LogP contribution in [0.5, 0.6) is 5.75 Å². The molecule has 8 nitrogen and oxygen atoms in total. The molecule has 1 saturated heterocycles. The summed E-state index contributed by atoms with van der Waals surface area (Å²) in [4.78, 5) is 36.6. The number of hydrogen-bond donors (Lipinski definition) is 2. The third-order valence-electron chi connectivity index (χ3n) is 4.84. The minimum atomic E-state index is -0.916. The molecular formula is C21H25N3O5. The number of likely N-dealkylation sites (tertiary alicyclic amines) is 1. The normalized spacial score (nSPS) is 14.7. The fraction of sp³-hybridized carbons (Fsp3) is 0.381. The predicted octanol–water partition coefficient (Wildman–Crippen LogP) is 2.95. The van der Waals surface area contributed by atoms with E-state index in [4.69, 9.17) is 9.84 Å². The van der Waals surface area contributed by atoms with Crippen LogP contribution in [-0.2, 0) is 4.79 Å². The van der Waals surface area contributed by atoms with Crippen LogP contribution in [0.3, 0.4) is 0 Å². The van der Waals surface area contributed by atoms with E-state index in [2.05, 4.69) is 5.32 Å². The highest BCUT2D eigenvalue weighted by molar-refractivity contribution is 5.92. The summed E-state index contributed by atoms with van der Waals surface area (Å²) in [7, 11) is 0. The van der Waals surface area contributed by atoms with E-state index >= 15 is 0 Å². The summed E-state index contributed by atoms with van der Waals surface area (Å²) in [5.74, 6) is 0.299. The molecule has 2 aromatic rings. The Kier molecular flexibility index (Phi) is 6.21. The quantitative estimate of drug-likeness (QED) is 0.805. The lowest BCUT2D eigenvalue weighted by molar-refractivity contribution is -0.118. The zero-order valence-electron chi connectivity index (χ0n) is 16.5. The number of rotatable bonds is 5. The largest absolute Gasteiger partial charge is 0.490 e. The molecule has 0 aliphatic carbocycles. The number of anilines is 1. The fourth-order valence-corrected chi connectivity index (χ4v) is 3.10. The zero-order chi connectivity index (χ0) is 21.0. The maximum atomic E-state index is 12.5. The molecule has 154 valence electrons. The van der Waals surface area contributed by atoms with Gasteiger partial charge in [0.1, 0.15) is 11.9 Å².